The number of nitrogens with one attached hydrogen (secondary N) is 1. The summed E-state index contributed by atoms with van der Waals surface area (Å²) in [5.41, 5.74) is 1.48. The highest BCUT2D eigenvalue weighted by Crippen LogP contribution is 2.24. The van der Waals surface area contributed by atoms with Crippen LogP contribution in [0.25, 0.3) is 0 Å². The van der Waals surface area contributed by atoms with E-state index in [1.807, 2.05) is 47.0 Å². The maximum atomic E-state index is 11.8. The van der Waals surface area contributed by atoms with Gasteiger partial charge >= 0.3 is 0 Å². The second-order valence-electron chi connectivity index (χ2n) is 5.48. The molecule has 37 heavy (non-hydrogen) atoms. The van der Waals surface area contributed by atoms with E-state index in [1.165, 1.54) is 47.2 Å². The van der Waals surface area contributed by atoms with Gasteiger partial charge in [-0.1, -0.05) is 11.8 Å². The Hall–Kier alpha value is 2.53. The fraction of sp³-hybridized carbons (Fsp3) is 0.824. The van der Waals surface area contributed by atoms with Gasteiger partial charge in [-0.2, -0.15) is 4.89 Å². The highest BCUT2D eigenvalue weighted by Gasteiger charge is 2.02. The summed E-state index contributed by atoms with van der Waals surface area (Å²) in [5.74, 6) is 1.78. The molecular weight excluding hydrogens is 711 g/mol. The smallest absolute Gasteiger partial charge is 0.280 e. The van der Waals surface area contributed by atoms with Crippen molar-refractivity contribution in [3.63, 3.8) is 0 Å². The Bertz CT molecular complexity index is 598. The molecular formula is C17H33N3O5S12. The van der Waals surface area contributed by atoms with Crippen molar-refractivity contribution >= 4 is 157 Å². The average molecular weight is 744 g/mol. The van der Waals surface area contributed by atoms with E-state index in [0.717, 1.165) is 40.7 Å². The van der Waals surface area contributed by atoms with Crippen LogP contribution in [0.2, 0.25) is 0 Å². The third-order valence-electron chi connectivity index (χ3n) is 2.76. The number of thioether (sulfide) groups is 11. The molecule has 0 heterocycles. The molecule has 1 atom stereocenters. The summed E-state index contributed by atoms with van der Waals surface area (Å²) >= 11 is 18.5. The Morgan fingerprint density at radius 3 is 2.19 bits per heavy atom. The lowest BCUT2D eigenvalue weighted by molar-refractivity contribution is -0.196. The summed E-state index contributed by atoms with van der Waals surface area (Å²) in [4.78, 5) is 29.4. The number of aliphatic hydroxyl groups is 1. The van der Waals surface area contributed by atoms with E-state index in [-0.39, 0.29) is 11.2 Å². The zero-order chi connectivity index (χ0) is 27.1. The molecule has 0 saturated carbocycles. The molecule has 0 aliphatic carbocycles. The van der Waals surface area contributed by atoms with Crippen LogP contribution in [0.1, 0.15) is 0 Å². The van der Waals surface area contributed by atoms with Gasteiger partial charge in [-0.25, -0.2) is 4.99 Å². The lowest BCUT2D eigenvalue weighted by Gasteiger charge is -2.05. The molecule has 218 valence electrons. The van der Waals surface area contributed by atoms with Crippen molar-refractivity contribution < 1.29 is 23.9 Å². The molecule has 0 bridgehead atoms. The quantitative estimate of drug-likeness (QED) is 0.0225. The number of carbonyl (C=O) groups is 1. The molecule has 8 nitrogen and oxygen atoms in total. The molecule has 20 heteroatoms. The Morgan fingerprint density at radius 2 is 1.49 bits per heavy atom. The highest BCUT2D eigenvalue weighted by molar-refractivity contribution is 8.30. The van der Waals surface area contributed by atoms with Crippen molar-refractivity contribution in [3.8, 4) is 0 Å². The molecule has 0 saturated heterocycles. The number of nitrogens with zero attached hydrogens (tertiary/aromatic N) is 2. The van der Waals surface area contributed by atoms with E-state index >= 15 is 0 Å². The number of hydrogen-bond acceptors (Lipinski definition) is 18. The van der Waals surface area contributed by atoms with Crippen molar-refractivity contribution in [3.05, 3.63) is 0 Å². The Kier molecular flexibility index (Phi) is 37.1. The van der Waals surface area contributed by atoms with Crippen molar-refractivity contribution in [2.24, 2.45) is 9.98 Å². The number of hydrogen-bond donors (Lipinski definition) is 2. The molecule has 0 aliphatic heterocycles. The van der Waals surface area contributed by atoms with Gasteiger partial charge in [0, 0.05) is 47.7 Å². The molecule has 0 aromatic carbocycles. The first-order valence-corrected chi connectivity index (χ1v) is 24.0. The van der Waals surface area contributed by atoms with Gasteiger partial charge in [0.05, 0.1) is 39.1 Å². The molecule has 0 aliphatic rings. The zero-order valence-electron chi connectivity index (χ0n) is 20.2. The predicted octanol–water partition coefficient (Wildman–Crippen LogP) is 6.58. The van der Waals surface area contributed by atoms with Gasteiger partial charge in [-0.15, -0.1) is 118 Å². The van der Waals surface area contributed by atoms with E-state index in [1.54, 1.807) is 54.1 Å². The van der Waals surface area contributed by atoms with E-state index < -0.39 is 10.8 Å². The molecule has 0 rings (SSSR count). The molecule has 0 aromatic heterocycles. The largest absolute Gasteiger partial charge is 0.386 e. The van der Waals surface area contributed by atoms with Crippen LogP contribution in [0, 0.1) is 0 Å². The lowest BCUT2D eigenvalue weighted by atomic mass is 11.2. The normalized spacial score (nSPS) is 12.5. The van der Waals surface area contributed by atoms with Crippen LogP contribution in [0.5, 0.6) is 0 Å². The maximum absolute atomic E-state index is 11.8. The van der Waals surface area contributed by atoms with Crippen LogP contribution in [0.4, 0.5) is 4.79 Å². The first-order chi connectivity index (χ1) is 18.2. The molecule has 2 N–H and O–H groups in total. The topological polar surface area (TPSA) is 110 Å². The van der Waals surface area contributed by atoms with Gasteiger partial charge in [0.25, 0.3) is 5.24 Å². The highest BCUT2D eigenvalue weighted by atomic mass is 32.3. The molecule has 0 fully saturated rings. The van der Waals surface area contributed by atoms with E-state index in [0.29, 0.717) is 22.8 Å². The third-order valence-corrected chi connectivity index (χ3v) is 16.8. The number of carbonyl (C=O) groups excluding carboxylic acids is 1. The van der Waals surface area contributed by atoms with Crippen molar-refractivity contribution in [2.45, 2.75) is 0 Å². The minimum absolute atomic E-state index is 0.0320. The molecule has 1 unspecified atom stereocenters. The number of aliphatic hydroxyl groups excluding tert-OH is 1. The summed E-state index contributed by atoms with van der Waals surface area (Å²) in [6.45, 7) is 0. The average Bonchev–Trinajstić information content (AvgIpc) is 2.89. The standard InChI is InChI=1S/C17H33N3O5S12/c1-18-5-37(23)16-35-14-33-12-32-13-34-15-36-17(22)20-4-27-9-31-11-30-8-26-3-19-2-24-25-7-29-10-28-6-21/h2,5,21H,3-4,6-16H2,1H3,(H,20,22)/b18-5?,19-2-. The second-order valence-corrected chi connectivity index (χ2v) is 20.7. The summed E-state index contributed by atoms with van der Waals surface area (Å²) in [6.07, 6.45) is 1.31. The van der Waals surface area contributed by atoms with Crippen LogP contribution < -0.4 is 5.32 Å². The van der Waals surface area contributed by atoms with Crippen molar-refractivity contribution in [2.75, 3.05) is 76.4 Å². The predicted molar refractivity (Wildman–Crippen MR) is 191 cm³/mol. The van der Waals surface area contributed by atoms with Crippen molar-refractivity contribution in [1.29, 1.82) is 0 Å². The van der Waals surface area contributed by atoms with E-state index in [2.05, 4.69) is 15.3 Å². The number of amides is 1. The number of rotatable bonds is 28. The first-order valence-electron chi connectivity index (χ1n) is 10.1. The van der Waals surface area contributed by atoms with Gasteiger partial charge in [0.1, 0.15) is 5.94 Å². The zero-order valence-corrected chi connectivity index (χ0v) is 30.0. The summed E-state index contributed by atoms with van der Waals surface area (Å²) < 4.78 is 11.4. The molecule has 1 amide bonds. The Morgan fingerprint density at radius 1 is 0.865 bits per heavy atom. The lowest BCUT2D eigenvalue weighted by Crippen LogP contribution is -2.17. The summed E-state index contributed by atoms with van der Waals surface area (Å²) in [5, 5.41) is 19.5. The van der Waals surface area contributed by atoms with Crippen LogP contribution in [-0.4, -0.2) is 103 Å². The van der Waals surface area contributed by atoms with Gasteiger partial charge < -0.3 is 15.3 Å². The van der Waals surface area contributed by atoms with E-state index in [9.17, 15) is 9.00 Å². The van der Waals surface area contributed by atoms with Gasteiger partial charge in [0.2, 0.25) is 6.40 Å². The Labute approximate surface area is 270 Å². The maximum Gasteiger partial charge on any atom is 0.280 e. The van der Waals surface area contributed by atoms with Gasteiger partial charge in [-0.3, -0.25) is 14.0 Å². The second kappa shape index (κ2) is 34.7. The fourth-order valence-corrected chi connectivity index (χ4v) is 14.0. The molecule has 0 radical (unpaired) electrons. The van der Waals surface area contributed by atoms with E-state index in [4.69, 9.17) is 14.9 Å². The molecule has 0 spiro atoms. The summed E-state index contributed by atoms with van der Waals surface area (Å²) in [7, 11) is 0.676. The minimum Gasteiger partial charge on any atom is -0.386 e. The van der Waals surface area contributed by atoms with Crippen LogP contribution in [-0.2, 0) is 20.6 Å². The third kappa shape index (κ3) is 34.6. The molecule has 0 aromatic rings. The van der Waals surface area contributed by atoms with Gasteiger partial charge in [-0.05, 0) is 0 Å². The van der Waals surface area contributed by atoms with Crippen LogP contribution in [0.15, 0.2) is 9.98 Å². The Balaban J connectivity index is 3.23. The first kappa shape index (κ1) is 39.5. The fourth-order valence-electron chi connectivity index (χ4n) is 1.46. The van der Waals surface area contributed by atoms with Crippen LogP contribution >= 0.6 is 129 Å². The number of aliphatic imine (C=N–C) groups is 2. The SMILES string of the molecule is CN=CS(=O)CSCSCSCSCSC(=O)NCSCSCSCSC/N=C\OOCSCSCO. The summed E-state index contributed by atoms with van der Waals surface area (Å²) in [6, 6.07) is 0. The monoisotopic (exact) mass is 743 g/mol. The minimum atomic E-state index is -0.958. The van der Waals surface area contributed by atoms with Gasteiger partial charge in [0.15, 0.2) is 0 Å². The van der Waals surface area contributed by atoms with Crippen LogP contribution in [0.3, 0.4) is 0 Å². The van der Waals surface area contributed by atoms with Crippen molar-refractivity contribution in [1.82, 2.24) is 5.32 Å².